The molecule has 0 spiro atoms. The highest BCUT2D eigenvalue weighted by Gasteiger charge is 2.26. The zero-order chi connectivity index (χ0) is 22.1. The molecule has 1 aliphatic carbocycles. The summed E-state index contributed by atoms with van der Waals surface area (Å²) in [4.78, 5) is 4.58. The van der Waals surface area contributed by atoms with Crippen molar-refractivity contribution in [1.82, 2.24) is 24.4 Å². The molecule has 0 unspecified atom stereocenters. The maximum absolute atomic E-state index is 10.00. The van der Waals surface area contributed by atoms with Gasteiger partial charge in [-0.1, -0.05) is 0 Å². The number of aromatic nitrogens is 5. The summed E-state index contributed by atoms with van der Waals surface area (Å²) >= 11 is 0. The van der Waals surface area contributed by atoms with Crippen molar-refractivity contribution in [3.05, 3.63) is 30.4 Å². The molecule has 32 heavy (non-hydrogen) atoms. The summed E-state index contributed by atoms with van der Waals surface area (Å²) in [5.41, 5.74) is 4.29. The number of hydrogen-bond donors (Lipinski definition) is 2. The van der Waals surface area contributed by atoms with Crippen LogP contribution in [0.5, 0.6) is 0 Å². The van der Waals surface area contributed by atoms with Gasteiger partial charge in [0.25, 0.3) is 0 Å². The standard InChI is InChI=1S/C23H32N6O3/c1-15(13-31-2)26-23-24-11-22-20(17-10-25-28(12-17)18-7-8-32-14-18)9-21(29(22)27-23)16-3-5-19(30)6-4-16/h9-12,15-16,18-19,30H,3-8,13-14H2,1-2H3,(H,26,27)/t15-,16?,18-,19?/m0/s1. The number of ether oxygens (including phenoxy) is 2. The van der Waals surface area contributed by atoms with Crippen molar-refractivity contribution < 1.29 is 14.6 Å². The molecule has 2 fully saturated rings. The summed E-state index contributed by atoms with van der Waals surface area (Å²) in [6.07, 6.45) is 10.3. The van der Waals surface area contributed by atoms with Gasteiger partial charge in [0.2, 0.25) is 5.95 Å². The van der Waals surface area contributed by atoms with Gasteiger partial charge in [-0.3, -0.25) is 4.68 Å². The van der Waals surface area contributed by atoms with Gasteiger partial charge >= 0.3 is 0 Å². The maximum Gasteiger partial charge on any atom is 0.241 e. The van der Waals surface area contributed by atoms with Gasteiger partial charge in [0.15, 0.2) is 0 Å². The fraction of sp³-hybridized carbons (Fsp3) is 0.609. The highest BCUT2D eigenvalue weighted by molar-refractivity contribution is 5.81. The molecule has 9 nitrogen and oxygen atoms in total. The van der Waals surface area contributed by atoms with Gasteiger partial charge in [0.1, 0.15) is 0 Å². The first-order valence-electron chi connectivity index (χ1n) is 11.6. The lowest BCUT2D eigenvalue weighted by atomic mass is 9.85. The Balaban J connectivity index is 1.52. The molecule has 2 N–H and O–H groups in total. The molecule has 1 saturated carbocycles. The monoisotopic (exact) mass is 440 g/mol. The Hall–Kier alpha value is -2.49. The number of nitrogens with one attached hydrogen (secondary N) is 1. The Morgan fingerprint density at radius 3 is 2.84 bits per heavy atom. The average molecular weight is 441 g/mol. The van der Waals surface area contributed by atoms with Crippen molar-refractivity contribution in [2.24, 2.45) is 0 Å². The van der Waals surface area contributed by atoms with Gasteiger partial charge in [0, 0.05) is 48.7 Å². The third-order valence-corrected chi connectivity index (χ3v) is 6.64. The number of rotatable bonds is 7. The molecule has 0 amide bonds. The van der Waals surface area contributed by atoms with Crippen LogP contribution in [0.25, 0.3) is 16.6 Å². The van der Waals surface area contributed by atoms with Crippen LogP contribution >= 0.6 is 0 Å². The number of methoxy groups -OCH3 is 1. The minimum atomic E-state index is -0.189. The van der Waals surface area contributed by atoms with Crippen LogP contribution in [0, 0.1) is 0 Å². The topological polar surface area (TPSA) is 98.7 Å². The van der Waals surface area contributed by atoms with E-state index in [4.69, 9.17) is 14.6 Å². The van der Waals surface area contributed by atoms with Crippen molar-refractivity contribution in [2.75, 3.05) is 32.2 Å². The second kappa shape index (κ2) is 9.17. The highest BCUT2D eigenvalue weighted by Crippen LogP contribution is 2.37. The van der Waals surface area contributed by atoms with E-state index in [2.05, 4.69) is 27.7 Å². The lowest BCUT2D eigenvalue weighted by Crippen LogP contribution is -2.23. The zero-order valence-electron chi connectivity index (χ0n) is 18.8. The van der Waals surface area contributed by atoms with Crippen LogP contribution < -0.4 is 5.32 Å². The van der Waals surface area contributed by atoms with Gasteiger partial charge in [-0.2, -0.15) is 5.10 Å². The van der Waals surface area contributed by atoms with Crippen molar-refractivity contribution >= 4 is 11.5 Å². The van der Waals surface area contributed by atoms with Crippen LogP contribution in [-0.2, 0) is 9.47 Å². The minimum absolute atomic E-state index is 0.104. The fourth-order valence-electron chi connectivity index (χ4n) is 4.89. The van der Waals surface area contributed by atoms with Crippen molar-refractivity contribution in [3.8, 4) is 11.1 Å². The number of aliphatic hydroxyl groups is 1. The zero-order valence-corrected chi connectivity index (χ0v) is 18.8. The SMILES string of the molecule is COC[C@H](C)Nc1ncc2c(-c3cnn([C@H]4CCOC4)c3)cc(C3CCC(O)CC3)n2n1. The molecular formula is C23H32N6O3. The van der Waals surface area contributed by atoms with Crippen LogP contribution in [0.3, 0.4) is 0 Å². The summed E-state index contributed by atoms with van der Waals surface area (Å²) in [5, 5.41) is 22.8. The second-order valence-corrected chi connectivity index (χ2v) is 9.09. The lowest BCUT2D eigenvalue weighted by molar-refractivity contribution is 0.121. The van der Waals surface area contributed by atoms with Crippen LogP contribution in [-0.4, -0.2) is 68.6 Å². The van der Waals surface area contributed by atoms with Gasteiger partial charge in [0.05, 0.1) is 43.3 Å². The van der Waals surface area contributed by atoms with E-state index in [1.807, 2.05) is 28.5 Å². The molecular weight excluding hydrogens is 408 g/mol. The summed E-state index contributed by atoms with van der Waals surface area (Å²) in [5.74, 6) is 0.942. The number of hydrogen-bond acceptors (Lipinski definition) is 7. The summed E-state index contributed by atoms with van der Waals surface area (Å²) in [6, 6.07) is 2.64. The van der Waals surface area contributed by atoms with Crippen molar-refractivity contribution in [3.63, 3.8) is 0 Å². The molecule has 1 saturated heterocycles. The highest BCUT2D eigenvalue weighted by atomic mass is 16.5. The normalized spacial score (nSPS) is 24.8. The third-order valence-electron chi connectivity index (χ3n) is 6.64. The Morgan fingerprint density at radius 1 is 1.25 bits per heavy atom. The number of aliphatic hydroxyl groups excluding tert-OH is 1. The minimum Gasteiger partial charge on any atom is -0.393 e. The van der Waals surface area contributed by atoms with Crippen LogP contribution in [0.1, 0.15) is 56.7 Å². The van der Waals surface area contributed by atoms with E-state index in [1.54, 1.807) is 7.11 Å². The first-order valence-corrected chi connectivity index (χ1v) is 11.6. The molecule has 2 aliphatic rings. The van der Waals surface area contributed by atoms with E-state index in [-0.39, 0.29) is 12.1 Å². The van der Waals surface area contributed by atoms with Crippen LogP contribution in [0.4, 0.5) is 5.95 Å². The molecule has 9 heteroatoms. The Labute approximate surface area is 187 Å². The summed E-state index contributed by atoms with van der Waals surface area (Å²) in [6.45, 7) is 4.13. The van der Waals surface area contributed by atoms with Gasteiger partial charge in [-0.05, 0) is 45.1 Å². The smallest absolute Gasteiger partial charge is 0.241 e. The molecule has 3 aromatic rings. The molecule has 4 heterocycles. The molecule has 172 valence electrons. The van der Waals surface area contributed by atoms with Gasteiger partial charge in [-0.25, -0.2) is 9.50 Å². The van der Waals surface area contributed by atoms with Crippen molar-refractivity contribution in [1.29, 1.82) is 0 Å². The van der Waals surface area contributed by atoms with E-state index in [0.29, 0.717) is 31.1 Å². The first kappa shape index (κ1) is 21.4. The summed E-state index contributed by atoms with van der Waals surface area (Å²) < 4.78 is 14.8. The van der Waals surface area contributed by atoms with Crippen molar-refractivity contribution in [2.45, 2.75) is 63.1 Å². The molecule has 2 atom stereocenters. The number of fused-ring (bicyclic) bond motifs is 1. The van der Waals surface area contributed by atoms with E-state index in [0.717, 1.165) is 55.4 Å². The number of nitrogens with zero attached hydrogens (tertiary/aromatic N) is 5. The van der Waals surface area contributed by atoms with Crippen LogP contribution in [0.2, 0.25) is 0 Å². The maximum atomic E-state index is 10.00. The average Bonchev–Trinajstić information content (AvgIpc) is 3.53. The predicted octanol–water partition coefficient (Wildman–Crippen LogP) is 3.02. The van der Waals surface area contributed by atoms with Gasteiger partial charge < -0.3 is 19.9 Å². The van der Waals surface area contributed by atoms with E-state index >= 15 is 0 Å². The van der Waals surface area contributed by atoms with Crippen LogP contribution in [0.15, 0.2) is 24.7 Å². The molecule has 0 radical (unpaired) electrons. The van der Waals surface area contributed by atoms with E-state index in [1.165, 1.54) is 5.69 Å². The summed E-state index contributed by atoms with van der Waals surface area (Å²) in [7, 11) is 1.69. The second-order valence-electron chi connectivity index (χ2n) is 9.09. The molecule has 3 aromatic heterocycles. The third kappa shape index (κ3) is 4.24. The Bertz CT molecular complexity index is 1050. The molecule has 1 aliphatic heterocycles. The quantitative estimate of drug-likeness (QED) is 0.583. The lowest BCUT2D eigenvalue weighted by Gasteiger charge is -2.25. The largest absolute Gasteiger partial charge is 0.393 e. The Morgan fingerprint density at radius 2 is 2.09 bits per heavy atom. The number of anilines is 1. The van der Waals surface area contributed by atoms with E-state index in [9.17, 15) is 5.11 Å². The predicted molar refractivity (Wildman–Crippen MR) is 121 cm³/mol. The first-order chi connectivity index (χ1) is 15.6. The van der Waals surface area contributed by atoms with Gasteiger partial charge in [-0.15, -0.1) is 5.10 Å². The fourth-order valence-corrected chi connectivity index (χ4v) is 4.89. The Kier molecular flexibility index (Phi) is 6.12. The van der Waals surface area contributed by atoms with E-state index < -0.39 is 0 Å². The molecule has 5 rings (SSSR count). The molecule has 0 aromatic carbocycles. The molecule has 0 bridgehead atoms.